The standard InChI is InChI=1S/C15H23NO5/c1-16-15(14(17)18,13-6-4-3-5-7-13)12-21-11-10-20-9-8-19-2/h3-7,16H,8-12H2,1-2H3,(H,17,18). The molecule has 0 heterocycles. The summed E-state index contributed by atoms with van der Waals surface area (Å²) >= 11 is 0. The number of benzene rings is 1. The second-order valence-electron chi connectivity index (χ2n) is 4.48. The average molecular weight is 297 g/mol. The molecule has 0 saturated carbocycles. The topological polar surface area (TPSA) is 77.0 Å². The predicted octanol–water partition coefficient (Wildman–Crippen LogP) is 0.866. The lowest BCUT2D eigenvalue weighted by atomic mass is 9.91. The average Bonchev–Trinajstić information content (AvgIpc) is 2.51. The lowest BCUT2D eigenvalue weighted by molar-refractivity contribution is -0.148. The van der Waals surface area contributed by atoms with Crippen LogP contribution in [-0.4, -0.2) is 58.3 Å². The van der Waals surface area contributed by atoms with Crippen molar-refractivity contribution in [2.45, 2.75) is 5.54 Å². The molecule has 0 amide bonds. The molecule has 1 unspecified atom stereocenters. The lowest BCUT2D eigenvalue weighted by Crippen LogP contribution is -2.51. The molecule has 0 aromatic heterocycles. The molecule has 0 bridgehead atoms. The second-order valence-corrected chi connectivity index (χ2v) is 4.48. The van der Waals surface area contributed by atoms with Crippen LogP contribution in [-0.2, 0) is 24.5 Å². The number of carboxylic acids is 1. The van der Waals surface area contributed by atoms with Crippen LogP contribution in [0.5, 0.6) is 0 Å². The van der Waals surface area contributed by atoms with E-state index in [4.69, 9.17) is 14.2 Å². The highest BCUT2D eigenvalue weighted by molar-refractivity contribution is 5.81. The van der Waals surface area contributed by atoms with Gasteiger partial charge in [0.1, 0.15) is 0 Å². The van der Waals surface area contributed by atoms with Gasteiger partial charge in [0.25, 0.3) is 0 Å². The van der Waals surface area contributed by atoms with Gasteiger partial charge in [0, 0.05) is 7.11 Å². The quantitative estimate of drug-likeness (QED) is 0.590. The van der Waals surface area contributed by atoms with Crippen molar-refractivity contribution in [2.75, 3.05) is 47.2 Å². The fraction of sp³-hybridized carbons (Fsp3) is 0.533. The van der Waals surface area contributed by atoms with Crippen LogP contribution >= 0.6 is 0 Å². The Hall–Kier alpha value is -1.47. The van der Waals surface area contributed by atoms with Gasteiger partial charge >= 0.3 is 5.97 Å². The first-order valence-electron chi connectivity index (χ1n) is 6.79. The molecule has 6 heteroatoms. The molecule has 1 aromatic carbocycles. The van der Waals surface area contributed by atoms with Crippen molar-refractivity contribution in [2.24, 2.45) is 0 Å². The maximum atomic E-state index is 11.7. The zero-order chi connectivity index (χ0) is 15.6. The molecular weight excluding hydrogens is 274 g/mol. The number of rotatable bonds is 11. The highest BCUT2D eigenvalue weighted by Gasteiger charge is 2.39. The van der Waals surface area contributed by atoms with E-state index in [0.717, 1.165) is 0 Å². The van der Waals surface area contributed by atoms with Crippen LogP contribution in [0.2, 0.25) is 0 Å². The molecule has 6 nitrogen and oxygen atoms in total. The number of hydrogen-bond acceptors (Lipinski definition) is 5. The van der Waals surface area contributed by atoms with Gasteiger partial charge in [-0.1, -0.05) is 30.3 Å². The Morgan fingerprint density at radius 3 is 2.33 bits per heavy atom. The van der Waals surface area contributed by atoms with Gasteiger partial charge in [-0.05, 0) is 12.6 Å². The molecule has 1 rings (SSSR count). The van der Waals surface area contributed by atoms with Crippen LogP contribution in [0.15, 0.2) is 30.3 Å². The van der Waals surface area contributed by atoms with Gasteiger partial charge in [0.05, 0.1) is 33.0 Å². The summed E-state index contributed by atoms with van der Waals surface area (Å²) in [6.07, 6.45) is 0. The fourth-order valence-corrected chi connectivity index (χ4v) is 1.90. The maximum Gasteiger partial charge on any atom is 0.330 e. The molecule has 0 saturated heterocycles. The van der Waals surface area contributed by atoms with E-state index in [1.807, 2.05) is 6.07 Å². The summed E-state index contributed by atoms with van der Waals surface area (Å²) in [7, 11) is 3.22. The third kappa shape index (κ3) is 5.09. The summed E-state index contributed by atoms with van der Waals surface area (Å²) in [4.78, 5) is 11.7. The smallest absolute Gasteiger partial charge is 0.330 e. The van der Waals surface area contributed by atoms with Crippen molar-refractivity contribution in [1.82, 2.24) is 5.32 Å². The summed E-state index contributed by atoms with van der Waals surface area (Å²) < 4.78 is 15.6. The number of methoxy groups -OCH3 is 1. The molecular formula is C15H23NO5. The Morgan fingerprint density at radius 2 is 1.76 bits per heavy atom. The Labute approximate surface area is 125 Å². The molecule has 0 aliphatic heterocycles. The summed E-state index contributed by atoms with van der Waals surface area (Å²) in [6.45, 7) is 1.77. The minimum absolute atomic E-state index is 0.0243. The molecule has 118 valence electrons. The molecule has 0 fully saturated rings. The van der Waals surface area contributed by atoms with Crippen LogP contribution in [0.4, 0.5) is 0 Å². The van der Waals surface area contributed by atoms with E-state index >= 15 is 0 Å². The van der Waals surface area contributed by atoms with E-state index in [1.54, 1.807) is 38.4 Å². The van der Waals surface area contributed by atoms with E-state index in [-0.39, 0.29) is 6.61 Å². The largest absolute Gasteiger partial charge is 0.480 e. The van der Waals surface area contributed by atoms with Crippen LogP contribution < -0.4 is 5.32 Å². The number of hydrogen-bond donors (Lipinski definition) is 2. The van der Waals surface area contributed by atoms with Crippen molar-refractivity contribution >= 4 is 5.97 Å². The first-order chi connectivity index (χ1) is 10.2. The van der Waals surface area contributed by atoms with Crippen molar-refractivity contribution in [3.8, 4) is 0 Å². The first kappa shape index (κ1) is 17.6. The third-order valence-corrected chi connectivity index (χ3v) is 3.18. The first-order valence-corrected chi connectivity index (χ1v) is 6.79. The van der Waals surface area contributed by atoms with Gasteiger partial charge in [0.15, 0.2) is 5.54 Å². The highest BCUT2D eigenvalue weighted by Crippen LogP contribution is 2.21. The molecule has 2 N–H and O–H groups in total. The van der Waals surface area contributed by atoms with Crippen LogP contribution in [0.3, 0.4) is 0 Å². The Bertz CT molecular complexity index is 412. The Morgan fingerprint density at radius 1 is 1.14 bits per heavy atom. The van der Waals surface area contributed by atoms with Gasteiger partial charge < -0.3 is 19.3 Å². The minimum atomic E-state index is -1.26. The van der Waals surface area contributed by atoms with Gasteiger partial charge in [-0.2, -0.15) is 0 Å². The zero-order valence-electron chi connectivity index (χ0n) is 12.5. The molecule has 0 aliphatic carbocycles. The van der Waals surface area contributed by atoms with Gasteiger partial charge in [-0.25, -0.2) is 4.79 Å². The van der Waals surface area contributed by atoms with Crippen molar-refractivity contribution in [3.63, 3.8) is 0 Å². The van der Waals surface area contributed by atoms with Gasteiger partial charge in [-0.3, -0.25) is 5.32 Å². The number of carbonyl (C=O) groups is 1. The lowest BCUT2D eigenvalue weighted by Gasteiger charge is -2.29. The Kier molecular flexibility index (Phi) is 7.92. The second kappa shape index (κ2) is 9.46. The molecule has 21 heavy (non-hydrogen) atoms. The summed E-state index contributed by atoms with van der Waals surface area (Å²) in [6, 6.07) is 8.98. The molecule has 0 aliphatic rings. The number of ether oxygens (including phenoxy) is 3. The van der Waals surface area contributed by atoms with Crippen molar-refractivity contribution in [3.05, 3.63) is 35.9 Å². The fourth-order valence-electron chi connectivity index (χ4n) is 1.90. The van der Waals surface area contributed by atoms with E-state index < -0.39 is 11.5 Å². The predicted molar refractivity (Wildman–Crippen MR) is 78.3 cm³/mol. The van der Waals surface area contributed by atoms with Crippen molar-refractivity contribution < 1.29 is 24.1 Å². The zero-order valence-corrected chi connectivity index (χ0v) is 12.5. The van der Waals surface area contributed by atoms with E-state index in [1.165, 1.54) is 0 Å². The number of aliphatic carboxylic acids is 1. The monoisotopic (exact) mass is 297 g/mol. The summed E-state index contributed by atoms with van der Waals surface area (Å²) in [5.74, 6) is -0.975. The SMILES string of the molecule is CNC(COCCOCCOC)(C(=O)O)c1ccccc1. The van der Waals surface area contributed by atoms with E-state index in [0.29, 0.717) is 32.0 Å². The van der Waals surface area contributed by atoms with E-state index in [2.05, 4.69) is 5.32 Å². The normalized spacial score (nSPS) is 13.8. The Balaban J connectivity index is 2.54. The van der Waals surface area contributed by atoms with Gasteiger partial charge in [0.2, 0.25) is 0 Å². The molecule has 0 spiro atoms. The van der Waals surface area contributed by atoms with Crippen LogP contribution in [0, 0.1) is 0 Å². The molecule has 1 aromatic rings. The molecule has 0 radical (unpaired) electrons. The number of carboxylic acid groups (broad SMARTS) is 1. The number of likely N-dealkylation sites (N-methyl/N-ethyl adjacent to an activating group) is 1. The highest BCUT2D eigenvalue weighted by atomic mass is 16.5. The van der Waals surface area contributed by atoms with Crippen LogP contribution in [0.25, 0.3) is 0 Å². The van der Waals surface area contributed by atoms with E-state index in [9.17, 15) is 9.90 Å². The maximum absolute atomic E-state index is 11.7. The third-order valence-electron chi connectivity index (χ3n) is 3.18. The van der Waals surface area contributed by atoms with Gasteiger partial charge in [-0.15, -0.1) is 0 Å². The summed E-state index contributed by atoms with van der Waals surface area (Å²) in [5.41, 5.74) is -0.603. The minimum Gasteiger partial charge on any atom is -0.480 e. The van der Waals surface area contributed by atoms with Crippen molar-refractivity contribution in [1.29, 1.82) is 0 Å². The molecule has 1 atom stereocenters. The van der Waals surface area contributed by atoms with Crippen LogP contribution in [0.1, 0.15) is 5.56 Å². The summed E-state index contributed by atoms with van der Waals surface area (Å²) in [5, 5.41) is 12.4. The number of nitrogens with one attached hydrogen (secondary N) is 1.